The van der Waals surface area contributed by atoms with Gasteiger partial charge in [-0.3, -0.25) is 0 Å². The van der Waals surface area contributed by atoms with E-state index in [0.717, 1.165) is 25.8 Å². The first-order valence-electron chi connectivity index (χ1n) is 6.93. The molecule has 0 aromatic rings. The van der Waals surface area contributed by atoms with Gasteiger partial charge in [0, 0.05) is 25.7 Å². The van der Waals surface area contributed by atoms with E-state index in [-0.39, 0.29) is 0 Å². The number of hydrogen-bond acceptors (Lipinski definition) is 3. The minimum Gasteiger partial charge on any atom is -0.314 e. The van der Waals surface area contributed by atoms with Crippen molar-refractivity contribution >= 4 is 10.2 Å². The SMILES string of the molecule is CCCNC1CCN(S(=O)(=O)NCC(C)C)CC1. The summed E-state index contributed by atoms with van der Waals surface area (Å²) in [5, 5.41) is 3.45. The van der Waals surface area contributed by atoms with Crippen molar-refractivity contribution in [2.75, 3.05) is 26.2 Å². The molecular weight excluding hydrogens is 250 g/mol. The highest BCUT2D eigenvalue weighted by molar-refractivity contribution is 7.87. The van der Waals surface area contributed by atoms with E-state index >= 15 is 0 Å². The van der Waals surface area contributed by atoms with Gasteiger partial charge < -0.3 is 5.32 Å². The van der Waals surface area contributed by atoms with Crippen LogP contribution in [0.1, 0.15) is 40.0 Å². The zero-order chi connectivity index (χ0) is 13.6. The Labute approximate surface area is 112 Å². The van der Waals surface area contributed by atoms with Gasteiger partial charge in [-0.25, -0.2) is 4.72 Å². The molecule has 0 aliphatic carbocycles. The Morgan fingerprint density at radius 3 is 2.39 bits per heavy atom. The van der Waals surface area contributed by atoms with Gasteiger partial charge in [-0.1, -0.05) is 20.8 Å². The molecule has 108 valence electrons. The van der Waals surface area contributed by atoms with E-state index in [1.165, 1.54) is 0 Å². The van der Waals surface area contributed by atoms with Crippen LogP contribution in [0.3, 0.4) is 0 Å². The number of hydrogen-bond donors (Lipinski definition) is 2. The molecular formula is C12H27N3O2S. The molecule has 1 aliphatic rings. The van der Waals surface area contributed by atoms with Crippen LogP contribution < -0.4 is 10.0 Å². The fraction of sp³-hybridized carbons (Fsp3) is 1.00. The average Bonchev–Trinajstić information content (AvgIpc) is 2.34. The van der Waals surface area contributed by atoms with Crippen LogP contribution >= 0.6 is 0 Å². The second kappa shape index (κ2) is 7.43. The van der Waals surface area contributed by atoms with E-state index in [1.807, 2.05) is 13.8 Å². The van der Waals surface area contributed by atoms with Crippen molar-refractivity contribution in [1.29, 1.82) is 0 Å². The highest BCUT2D eigenvalue weighted by Gasteiger charge is 2.27. The van der Waals surface area contributed by atoms with Crippen molar-refractivity contribution in [2.24, 2.45) is 5.92 Å². The molecule has 2 N–H and O–H groups in total. The summed E-state index contributed by atoms with van der Waals surface area (Å²) >= 11 is 0. The minimum absolute atomic E-state index is 0.337. The lowest BCUT2D eigenvalue weighted by Gasteiger charge is -2.31. The van der Waals surface area contributed by atoms with Crippen LogP contribution in [-0.4, -0.2) is 44.9 Å². The molecule has 6 heteroatoms. The van der Waals surface area contributed by atoms with Gasteiger partial charge in [0.05, 0.1) is 0 Å². The molecule has 5 nitrogen and oxygen atoms in total. The zero-order valence-corrected chi connectivity index (χ0v) is 12.6. The predicted molar refractivity (Wildman–Crippen MR) is 74.6 cm³/mol. The fourth-order valence-corrected chi connectivity index (χ4v) is 3.43. The van der Waals surface area contributed by atoms with Gasteiger partial charge >= 0.3 is 0 Å². The fourth-order valence-electron chi connectivity index (χ4n) is 2.01. The highest BCUT2D eigenvalue weighted by atomic mass is 32.2. The van der Waals surface area contributed by atoms with Crippen molar-refractivity contribution in [1.82, 2.24) is 14.3 Å². The largest absolute Gasteiger partial charge is 0.314 e. The van der Waals surface area contributed by atoms with Crippen molar-refractivity contribution in [2.45, 2.75) is 46.1 Å². The lowest BCUT2D eigenvalue weighted by Crippen LogP contribution is -2.49. The lowest BCUT2D eigenvalue weighted by atomic mass is 10.1. The summed E-state index contributed by atoms with van der Waals surface area (Å²) in [5.74, 6) is 0.337. The molecule has 1 saturated heterocycles. The third-order valence-electron chi connectivity index (χ3n) is 3.15. The maximum Gasteiger partial charge on any atom is 0.279 e. The van der Waals surface area contributed by atoms with Crippen molar-refractivity contribution in [3.05, 3.63) is 0 Å². The first kappa shape index (κ1) is 15.9. The van der Waals surface area contributed by atoms with Gasteiger partial charge in [0.1, 0.15) is 0 Å². The molecule has 0 bridgehead atoms. The Kier molecular flexibility index (Phi) is 6.55. The Morgan fingerprint density at radius 1 is 1.28 bits per heavy atom. The molecule has 1 rings (SSSR count). The molecule has 0 aromatic heterocycles. The van der Waals surface area contributed by atoms with Crippen LogP contribution in [0.2, 0.25) is 0 Å². The third-order valence-corrected chi connectivity index (χ3v) is 4.73. The summed E-state index contributed by atoms with van der Waals surface area (Å²) in [7, 11) is -3.27. The second-order valence-electron chi connectivity index (χ2n) is 5.37. The van der Waals surface area contributed by atoms with Gasteiger partial charge in [0.25, 0.3) is 10.2 Å². The van der Waals surface area contributed by atoms with Crippen molar-refractivity contribution in [3.63, 3.8) is 0 Å². The predicted octanol–water partition coefficient (Wildman–Crippen LogP) is 0.941. The van der Waals surface area contributed by atoms with Crippen molar-refractivity contribution in [3.8, 4) is 0 Å². The molecule has 0 radical (unpaired) electrons. The topological polar surface area (TPSA) is 61.4 Å². The number of rotatable bonds is 7. The van der Waals surface area contributed by atoms with Gasteiger partial charge in [0.2, 0.25) is 0 Å². The molecule has 0 unspecified atom stereocenters. The van der Waals surface area contributed by atoms with E-state index < -0.39 is 10.2 Å². The first-order chi connectivity index (χ1) is 8.45. The van der Waals surface area contributed by atoms with E-state index in [9.17, 15) is 8.42 Å². The van der Waals surface area contributed by atoms with E-state index in [4.69, 9.17) is 0 Å². The lowest BCUT2D eigenvalue weighted by molar-refractivity contribution is 0.286. The summed E-state index contributed by atoms with van der Waals surface area (Å²) in [6, 6.07) is 0.474. The standard InChI is InChI=1S/C12H27N3O2S/c1-4-7-13-12-5-8-15(9-6-12)18(16,17)14-10-11(2)3/h11-14H,4-10H2,1-3H3. The van der Waals surface area contributed by atoms with Gasteiger partial charge in [-0.15, -0.1) is 0 Å². The number of nitrogens with zero attached hydrogens (tertiary/aromatic N) is 1. The summed E-state index contributed by atoms with van der Waals surface area (Å²) in [6.45, 7) is 8.91. The summed E-state index contributed by atoms with van der Waals surface area (Å²) in [6.07, 6.45) is 2.93. The Balaban J connectivity index is 2.37. The van der Waals surface area contributed by atoms with Crippen LogP contribution in [0.25, 0.3) is 0 Å². The summed E-state index contributed by atoms with van der Waals surface area (Å²) in [4.78, 5) is 0. The van der Waals surface area contributed by atoms with Crippen LogP contribution in [0, 0.1) is 5.92 Å². The second-order valence-corrected chi connectivity index (χ2v) is 7.13. The molecule has 0 spiro atoms. The maximum atomic E-state index is 12.0. The molecule has 1 fully saturated rings. The van der Waals surface area contributed by atoms with Gasteiger partial charge in [-0.2, -0.15) is 12.7 Å². The van der Waals surface area contributed by atoms with Crippen molar-refractivity contribution < 1.29 is 8.42 Å². The molecule has 0 amide bonds. The number of nitrogens with one attached hydrogen (secondary N) is 2. The Bertz CT molecular complexity index is 322. The van der Waals surface area contributed by atoms with Gasteiger partial charge in [0.15, 0.2) is 0 Å². The Hall–Kier alpha value is -0.170. The summed E-state index contributed by atoms with van der Waals surface area (Å²) < 4.78 is 28.2. The molecule has 0 aromatic carbocycles. The highest BCUT2D eigenvalue weighted by Crippen LogP contribution is 2.13. The molecule has 1 aliphatic heterocycles. The first-order valence-corrected chi connectivity index (χ1v) is 8.37. The Morgan fingerprint density at radius 2 is 1.89 bits per heavy atom. The molecule has 0 saturated carbocycles. The summed E-state index contributed by atoms with van der Waals surface area (Å²) in [5.41, 5.74) is 0. The van der Waals surface area contributed by atoms with E-state index in [1.54, 1.807) is 4.31 Å². The van der Waals surface area contributed by atoms with Crippen LogP contribution in [-0.2, 0) is 10.2 Å². The van der Waals surface area contributed by atoms with E-state index in [2.05, 4.69) is 17.0 Å². The third kappa shape index (κ3) is 5.22. The molecule has 18 heavy (non-hydrogen) atoms. The molecule has 1 heterocycles. The molecule has 0 atom stereocenters. The maximum absolute atomic E-state index is 12.0. The normalized spacial score (nSPS) is 19.6. The van der Waals surface area contributed by atoms with Crippen LogP contribution in [0.4, 0.5) is 0 Å². The zero-order valence-electron chi connectivity index (χ0n) is 11.8. The minimum atomic E-state index is -3.27. The quantitative estimate of drug-likeness (QED) is 0.728. The number of piperidine rings is 1. The average molecular weight is 277 g/mol. The van der Waals surface area contributed by atoms with E-state index in [0.29, 0.717) is 31.6 Å². The van der Waals surface area contributed by atoms with Gasteiger partial charge in [-0.05, 0) is 31.7 Å². The van der Waals surface area contributed by atoms with Crippen LogP contribution in [0.15, 0.2) is 0 Å². The van der Waals surface area contributed by atoms with Crippen LogP contribution in [0.5, 0.6) is 0 Å². The smallest absolute Gasteiger partial charge is 0.279 e. The monoisotopic (exact) mass is 277 g/mol.